The molecular formula is C29H30N6O6S. The van der Waals surface area contributed by atoms with E-state index < -0.39 is 21.0 Å². The van der Waals surface area contributed by atoms with Gasteiger partial charge in [0.15, 0.2) is 0 Å². The van der Waals surface area contributed by atoms with Gasteiger partial charge in [0.25, 0.3) is 15.7 Å². The molecule has 1 atom stereocenters. The maximum absolute atomic E-state index is 12.7. The van der Waals surface area contributed by atoms with Gasteiger partial charge in [-0.15, -0.1) is 0 Å². The van der Waals surface area contributed by atoms with Crippen molar-refractivity contribution in [2.75, 3.05) is 10.0 Å². The predicted octanol–water partition coefficient (Wildman–Crippen LogP) is 5.78. The van der Waals surface area contributed by atoms with Gasteiger partial charge in [-0.2, -0.15) is 4.98 Å². The first-order valence-corrected chi connectivity index (χ1v) is 14.3. The third-order valence-electron chi connectivity index (χ3n) is 6.34. The lowest BCUT2D eigenvalue weighted by molar-refractivity contribution is -0.384. The topological polar surface area (TPSA) is 179 Å². The number of hydrogen-bond acceptors (Lipinski definition) is 9. The van der Waals surface area contributed by atoms with Crippen LogP contribution in [0.4, 0.5) is 22.2 Å². The Morgan fingerprint density at radius 3 is 2.29 bits per heavy atom. The van der Waals surface area contributed by atoms with E-state index in [0.29, 0.717) is 5.75 Å². The van der Waals surface area contributed by atoms with Crippen molar-refractivity contribution in [1.82, 2.24) is 9.97 Å². The highest BCUT2D eigenvalue weighted by molar-refractivity contribution is 7.92. The Bertz CT molecular complexity index is 1720. The molecule has 0 unspecified atom stereocenters. The second-order valence-electron chi connectivity index (χ2n) is 10.5. The Hall–Kier alpha value is -5.04. The Labute approximate surface area is 243 Å². The van der Waals surface area contributed by atoms with Crippen LogP contribution in [-0.2, 0) is 15.4 Å². The lowest BCUT2D eigenvalue weighted by Crippen LogP contribution is -2.18. The zero-order valence-electron chi connectivity index (χ0n) is 23.4. The van der Waals surface area contributed by atoms with E-state index in [1.54, 1.807) is 6.07 Å². The zero-order valence-corrected chi connectivity index (χ0v) is 24.2. The minimum atomic E-state index is -4.03. The number of non-ortho nitro benzene ring substituents is 1. The molecule has 0 aliphatic heterocycles. The van der Waals surface area contributed by atoms with E-state index in [4.69, 9.17) is 10.5 Å². The molecule has 4 rings (SSSR count). The fraction of sp³-hybridized carbons (Fsp3) is 0.207. The molecule has 0 fully saturated rings. The molecule has 0 aliphatic carbocycles. The summed E-state index contributed by atoms with van der Waals surface area (Å²) in [7, 11) is -4.03. The molecule has 0 saturated heterocycles. The highest BCUT2D eigenvalue weighted by Gasteiger charge is 2.21. The van der Waals surface area contributed by atoms with Crippen molar-refractivity contribution in [3.8, 4) is 16.9 Å². The monoisotopic (exact) mass is 590 g/mol. The second-order valence-corrected chi connectivity index (χ2v) is 12.2. The minimum Gasteiger partial charge on any atom is -0.410 e. The van der Waals surface area contributed by atoms with Crippen LogP contribution in [0.5, 0.6) is 5.75 Å². The van der Waals surface area contributed by atoms with Crippen molar-refractivity contribution in [2.24, 2.45) is 5.73 Å². The van der Waals surface area contributed by atoms with Crippen molar-refractivity contribution < 1.29 is 22.9 Å². The molecule has 0 saturated carbocycles. The standard InChI is InChI=1S/C29H30N6O6S/c1-18(19-5-7-20(8-6-19)24-14-11-22(41-27(30)36)17-25(24)29(2,3)4)32-28-31-16-15-26(33-28)34-42(39,40)23-12-9-21(10-13-23)35(37)38/h5-18H,1-4H3,(H2,30,36)(H2,31,32,33,34)/t18-/m0/s1. The molecule has 1 heterocycles. The first-order valence-electron chi connectivity index (χ1n) is 12.8. The molecule has 4 aromatic rings. The molecule has 42 heavy (non-hydrogen) atoms. The van der Waals surface area contributed by atoms with Gasteiger partial charge in [-0.3, -0.25) is 14.8 Å². The second kappa shape index (κ2) is 11.8. The van der Waals surface area contributed by atoms with Gasteiger partial charge >= 0.3 is 6.09 Å². The number of anilines is 2. The summed E-state index contributed by atoms with van der Waals surface area (Å²) < 4.78 is 32.9. The predicted molar refractivity (Wildman–Crippen MR) is 159 cm³/mol. The van der Waals surface area contributed by atoms with E-state index >= 15 is 0 Å². The van der Waals surface area contributed by atoms with Crippen molar-refractivity contribution >= 4 is 33.6 Å². The van der Waals surface area contributed by atoms with Crippen LogP contribution in [0.15, 0.2) is 83.9 Å². The summed E-state index contributed by atoms with van der Waals surface area (Å²) in [5, 5.41) is 14.0. The fourth-order valence-electron chi connectivity index (χ4n) is 4.23. The van der Waals surface area contributed by atoms with Gasteiger partial charge in [-0.25, -0.2) is 18.2 Å². The number of nitrogens with zero attached hydrogens (tertiary/aromatic N) is 3. The normalized spacial score (nSPS) is 12.3. The van der Waals surface area contributed by atoms with Gasteiger partial charge in [0.05, 0.1) is 15.9 Å². The molecule has 0 aliphatic rings. The SMILES string of the molecule is C[C@H](Nc1nccc(NS(=O)(=O)c2ccc([N+](=O)[O-])cc2)n1)c1ccc(-c2ccc(OC(N)=O)cc2C(C)(C)C)cc1. The smallest absolute Gasteiger partial charge is 0.409 e. The van der Waals surface area contributed by atoms with E-state index in [0.717, 1.165) is 46.5 Å². The molecule has 3 aromatic carbocycles. The number of aromatic nitrogens is 2. The highest BCUT2D eigenvalue weighted by atomic mass is 32.2. The number of carbonyl (C=O) groups excluding carboxylic acids is 1. The van der Waals surface area contributed by atoms with E-state index in [1.807, 2.05) is 43.3 Å². The number of rotatable bonds is 9. The maximum atomic E-state index is 12.7. The van der Waals surface area contributed by atoms with Crippen molar-refractivity contribution in [3.05, 3.63) is 100 Å². The lowest BCUT2D eigenvalue weighted by atomic mass is 9.81. The van der Waals surface area contributed by atoms with E-state index in [-0.39, 0.29) is 33.8 Å². The number of hydrogen-bond donors (Lipinski definition) is 3. The fourth-order valence-corrected chi connectivity index (χ4v) is 5.23. The molecule has 12 nitrogen and oxygen atoms in total. The van der Waals surface area contributed by atoms with E-state index in [2.05, 4.69) is 40.8 Å². The number of nitro groups is 1. The number of amides is 1. The summed E-state index contributed by atoms with van der Waals surface area (Å²) >= 11 is 0. The molecule has 0 spiro atoms. The van der Waals surface area contributed by atoms with Crippen LogP contribution < -0.4 is 20.5 Å². The molecular weight excluding hydrogens is 560 g/mol. The quantitative estimate of drug-likeness (QED) is 0.161. The number of sulfonamides is 1. The third-order valence-corrected chi connectivity index (χ3v) is 7.71. The zero-order chi connectivity index (χ0) is 30.7. The van der Waals surface area contributed by atoms with E-state index in [9.17, 15) is 23.3 Å². The van der Waals surface area contributed by atoms with Crippen LogP contribution >= 0.6 is 0 Å². The van der Waals surface area contributed by atoms with Crippen LogP contribution in [0.25, 0.3) is 11.1 Å². The summed E-state index contributed by atoms with van der Waals surface area (Å²) in [5.41, 5.74) is 8.61. The first kappa shape index (κ1) is 29.9. The van der Waals surface area contributed by atoms with Gasteiger partial charge in [-0.1, -0.05) is 51.1 Å². The molecule has 1 aromatic heterocycles. The summed E-state index contributed by atoms with van der Waals surface area (Å²) in [6.07, 6.45) is 0.545. The van der Waals surface area contributed by atoms with Crippen molar-refractivity contribution in [3.63, 3.8) is 0 Å². The van der Waals surface area contributed by atoms with Gasteiger partial charge in [0.1, 0.15) is 11.6 Å². The van der Waals surface area contributed by atoms with E-state index in [1.165, 1.54) is 12.3 Å². The van der Waals surface area contributed by atoms with Gasteiger partial charge in [-0.05, 0) is 64.9 Å². The third kappa shape index (κ3) is 7.18. The van der Waals surface area contributed by atoms with Crippen LogP contribution in [0.3, 0.4) is 0 Å². The number of benzene rings is 3. The largest absolute Gasteiger partial charge is 0.410 e. The Morgan fingerprint density at radius 2 is 1.69 bits per heavy atom. The summed E-state index contributed by atoms with van der Waals surface area (Å²) in [5.74, 6) is 0.616. The minimum absolute atomic E-state index is 0.0341. The summed E-state index contributed by atoms with van der Waals surface area (Å²) in [6.45, 7) is 8.13. The van der Waals surface area contributed by atoms with Crippen LogP contribution in [0.2, 0.25) is 0 Å². The number of nitrogens with two attached hydrogens (primary N) is 1. The Morgan fingerprint density at radius 1 is 1.02 bits per heavy atom. The molecule has 218 valence electrons. The van der Waals surface area contributed by atoms with Gasteiger partial charge in [0.2, 0.25) is 5.95 Å². The van der Waals surface area contributed by atoms with Crippen LogP contribution in [0, 0.1) is 10.1 Å². The summed E-state index contributed by atoms with van der Waals surface area (Å²) in [6, 6.07) is 19.0. The number of nitro benzene ring substituents is 1. The maximum Gasteiger partial charge on any atom is 0.409 e. The summed E-state index contributed by atoms with van der Waals surface area (Å²) in [4.78, 5) is 29.8. The number of nitrogens with one attached hydrogen (secondary N) is 2. The van der Waals surface area contributed by atoms with Gasteiger partial charge < -0.3 is 15.8 Å². The molecule has 4 N–H and O–H groups in total. The van der Waals surface area contributed by atoms with Gasteiger partial charge in [0, 0.05) is 18.3 Å². The average molecular weight is 591 g/mol. The Balaban J connectivity index is 1.49. The highest BCUT2D eigenvalue weighted by Crippen LogP contribution is 2.36. The number of ether oxygens (including phenoxy) is 1. The number of primary amides is 1. The lowest BCUT2D eigenvalue weighted by Gasteiger charge is -2.24. The number of carbonyl (C=O) groups is 1. The molecule has 1 amide bonds. The molecule has 0 radical (unpaired) electrons. The van der Waals surface area contributed by atoms with Crippen molar-refractivity contribution in [1.29, 1.82) is 0 Å². The average Bonchev–Trinajstić information content (AvgIpc) is 2.92. The van der Waals surface area contributed by atoms with Crippen LogP contribution in [0.1, 0.15) is 44.9 Å². The van der Waals surface area contributed by atoms with Crippen LogP contribution in [-0.4, -0.2) is 29.4 Å². The molecule has 0 bridgehead atoms. The first-order chi connectivity index (χ1) is 19.7. The molecule has 13 heteroatoms. The Kier molecular flexibility index (Phi) is 8.43. The van der Waals surface area contributed by atoms with Crippen molar-refractivity contribution in [2.45, 2.75) is 44.0 Å².